The van der Waals surface area contributed by atoms with Gasteiger partial charge in [0.15, 0.2) is 0 Å². The van der Waals surface area contributed by atoms with E-state index in [1.807, 2.05) is 79.1 Å². The highest BCUT2D eigenvalue weighted by molar-refractivity contribution is 5.95. The van der Waals surface area contributed by atoms with Crippen molar-refractivity contribution in [1.29, 1.82) is 0 Å². The van der Waals surface area contributed by atoms with Gasteiger partial charge in [-0.25, -0.2) is 0 Å². The normalized spacial score (nSPS) is 14.7. The first-order valence-electron chi connectivity index (χ1n) is 10.4. The topological polar surface area (TPSA) is 43.9 Å². The summed E-state index contributed by atoms with van der Waals surface area (Å²) < 4.78 is 0. The second-order valence-electron chi connectivity index (χ2n) is 7.68. The molecule has 2 aromatic carbocycles. The Morgan fingerprint density at radius 3 is 2.14 bits per heavy atom. The highest BCUT2D eigenvalue weighted by atomic mass is 16.2. The van der Waals surface area contributed by atoms with E-state index in [-0.39, 0.29) is 11.8 Å². The number of benzene rings is 2. The van der Waals surface area contributed by atoms with E-state index in [0.717, 1.165) is 35.5 Å². The predicted molar refractivity (Wildman–Crippen MR) is 117 cm³/mol. The first-order chi connectivity index (χ1) is 14.0. The molecule has 1 fully saturated rings. The lowest BCUT2D eigenvalue weighted by atomic mass is 10.1. The van der Waals surface area contributed by atoms with Gasteiger partial charge in [0.05, 0.1) is 13.0 Å². The van der Waals surface area contributed by atoms with Crippen molar-refractivity contribution in [2.24, 2.45) is 0 Å². The lowest BCUT2D eigenvalue weighted by Gasteiger charge is -2.35. The molecule has 0 aromatic heterocycles. The molecule has 0 aliphatic carbocycles. The van der Waals surface area contributed by atoms with E-state index >= 15 is 0 Å². The number of hydrogen-bond acceptors (Lipinski definition) is 3. The van der Waals surface area contributed by atoms with Gasteiger partial charge in [-0.1, -0.05) is 42.5 Å². The van der Waals surface area contributed by atoms with Crippen molar-refractivity contribution in [2.45, 2.75) is 27.2 Å². The van der Waals surface area contributed by atoms with Gasteiger partial charge in [0.25, 0.3) is 0 Å². The Morgan fingerprint density at radius 2 is 1.52 bits per heavy atom. The van der Waals surface area contributed by atoms with Crippen molar-refractivity contribution in [3.05, 3.63) is 65.2 Å². The minimum absolute atomic E-state index is 0.112. The van der Waals surface area contributed by atoms with E-state index in [2.05, 4.69) is 4.90 Å². The number of carbonyl (C=O) groups is 2. The zero-order valence-corrected chi connectivity index (χ0v) is 17.7. The standard InChI is InChI=1S/C24H31N3O2/c1-4-27(22-12-8-6-10-20(22)3)24(29)18-25-13-15-26(16-14-25)23(28)17-21-11-7-5-9-19(21)2/h5-12H,4,13-18H2,1-3H3. The van der Waals surface area contributed by atoms with Gasteiger partial charge in [-0.2, -0.15) is 0 Å². The Morgan fingerprint density at radius 1 is 0.897 bits per heavy atom. The molecule has 0 radical (unpaired) electrons. The monoisotopic (exact) mass is 393 g/mol. The third kappa shape index (κ3) is 5.24. The average molecular weight is 394 g/mol. The molecular formula is C24H31N3O2. The van der Waals surface area contributed by atoms with Crippen LogP contribution in [-0.2, 0) is 16.0 Å². The van der Waals surface area contributed by atoms with Gasteiger partial charge in [-0.3, -0.25) is 14.5 Å². The number of carbonyl (C=O) groups excluding carboxylic acids is 2. The Balaban J connectivity index is 1.52. The number of para-hydroxylation sites is 1. The summed E-state index contributed by atoms with van der Waals surface area (Å²) in [4.78, 5) is 31.5. The number of nitrogens with zero attached hydrogens (tertiary/aromatic N) is 3. The maximum absolute atomic E-state index is 12.9. The van der Waals surface area contributed by atoms with Crippen LogP contribution in [0.4, 0.5) is 5.69 Å². The third-order valence-corrected chi connectivity index (χ3v) is 5.71. The Labute approximate surface area is 173 Å². The number of likely N-dealkylation sites (N-methyl/N-ethyl adjacent to an activating group) is 1. The molecule has 0 atom stereocenters. The maximum atomic E-state index is 12.9. The molecule has 1 heterocycles. The number of anilines is 1. The van der Waals surface area contributed by atoms with E-state index in [4.69, 9.17) is 0 Å². The molecule has 154 valence electrons. The summed E-state index contributed by atoms with van der Waals surface area (Å²) in [7, 11) is 0. The minimum atomic E-state index is 0.112. The highest BCUT2D eigenvalue weighted by Gasteiger charge is 2.25. The second kappa shape index (κ2) is 9.70. The van der Waals surface area contributed by atoms with E-state index < -0.39 is 0 Å². The molecule has 1 aliphatic heterocycles. The first kappa shape index (κ1) is 21.1. The molecule has 0 N–H and O–H groups in total. The van der Waals surface area contributed by atoms with Crippen LogP contribution in [0.5, 0.6) is 0 Å². The van der Waals surface area contributed by atoms with Gasteiger partial charge in [0.2, 0.25) is 11.8 Å². The zero-order valence-electron chi connectivity index (χ0n) is 17.7. The fourth-order valence-corrected chi connectivity index (χ4v) is 3.86. The van der Waals surface area contributed by atoms with Crippen molar-refractivity contribution in [3.8, 4) is 0 Å². The Hall–Kier alpha value is -2.66. The van der Waals surface area contributed by atoms with Crippen LogP contribution >= 0.6 is 0 Å². The molecule has 2 aromatic rings. The number of piperazine rings is 1. The quantitative estimate of drug-likeness (QED) is 0.758. The van der Waals surface area contributed by atoms with Gasteiger partial charge < -0.3 is 9.80 Å². The van der Waals surface area contributed by atoms with E-state index in [1.165, 1.54) is 0 Å². The van der Waals surface area contributed by atoms with Crippen LogP contribution in [0, 0.1) is 13.8 Å². The summed E-state index contributed by atoms with van der Waals surface area (Å²) in [6.07, 6.45) is 0.447. The fourth-order valence-electron chi connectivity index (χ4n) is 3.86. The van der Waals surface area contributed by atoms with Crippen LogP contribution < -0.4 is 4.90 Å². The molecule has 29 heavy (non-hydrogen) atoms. The molecule has 0 unspecified atom stereocenters. The van der Waals surface area contributed by atoms with Crippen LogP contribution in [0.3, 0.4) is 0 Å². The van der Waals surface area contributed by atoms with Crippen LogP contribution in [0.2, 0.25) is 0 Å². The lowest BCUT2D eigenvalue weighted by Crippen LogP contribution is -2.52. The summed E-state index contributed by atoms with van der Waals surface area (Å²) in [5.74, 6) is 0.279. The molecule has 0 bridgehead atoms. The number of hydrogen-bond donors (Lipinski definition) is 0. The van der Waals surface area contributed by atoms with Crippen molar-refractivity contribution < 1.29 is 9.59 Å². The van der Waals surface area contributed by atoms with Crippen LogP contribution in [0.1, 0.15) is 23.6 Å². The Kier molecular flexibility index (Phi) is 7.04. The largest absolute Gasteiger partial charge is 0.340 e. The molecule has 0 spiro atoms. The van der Waals surface area contributed by atoms with E-state index in [9.17, 15) is 9.59 Å². The number of amides is 2. The van der Waals surface area contributed by atoms with E-state index in [0.29, 0.717) is 32.6 Å². The third-order valence-electron chi connectivity index (χ3n) is 5.71. The predicted octanol–water partition coefficient (Wildman–Crippen LogP) is 3.04. The average Bonchev–Trinajstić information content (AvgIpc) is 2.72. The van der Waals surface area contributed by atoms with Crippen LogP contribution in [-0.4, -0.2) is 60.9 Å². The van der Waals surface area contributed by atoms with Crippen LogP contribution in [0.25, 0.3) is 0 Å². The summed E-state index contributed by atoms with van der Waals surface area (Å²) in [6.45, 7) is 9.94. The van der Waals surface area contributed by atoms with E-state index in [1.54, 1.807) is 0 Å². The molecule has 2 amide bonds. The SMILES string of the molecule is CCN(C(=O)CN1CCN(C(=O)Cc2ccccc2C)CC1)c1ccccc1C. The Bertz CT molecular complexity index is 857. The summed E-state index contributed by atoms with van der Waals surface area (Å²) in [5, 5.41) is 0. The van der Waals surface area contributed by atoms with Crippen molar-refractivity contribution >= 4 is 17.5 Å². The number of aryl methyl sites for hydroxylation is 2. The van der Waals surface area contributed by atoms with Crippen LogP contribution in [0.15, 0.2) is 48.5 Å². The summed E-state index contributed by atoms with van der Waals surface area (Å²) in [5.41, 5.74) is 4.33. The first-order valence-corrected chi connectivity index (χ1v) is 10.4. The van der Waals surface area contributed by atoms with Gasteiger partial charge >= 0.3 is 0 Å². The van der Waals surface area contributed by atoms with Gasteiger partial charge in [-0.05, 0) is 43.5 Å². The number of rotatable bonds is 6. The highest BCUT2D eigenvalue weighted by Crippen LogP contribution is 2.20. The molecular weight excluding hydrogens is 362 g/mol. The molecule has 3 rings (SSSR count). The van der Waals surface area contributed by atoms with Gasteiger partial charge in [-0.15, -0.1) is 0 Å². The van der Waals surface area contributed by atoms with Gasteiger partial charge in [0, 0.05) is 38.4 Å². The fraction of sp³-hybridized carbons (Fsp3) is 0.417. The van der Waals surface area contributed by atoms with Crippen molar-refractivity contribution in [2.75, 3.05) is 44.2 Å². The minimum Gasteiger partial charge on any atom is -0.340 e. The molecule has 1 aliphatic rings. The molecule has 0 saturated carbocycles. The smallest absolute Gasteiger partial charge is 0.241 e. The van der Waals surface area contributed by atoms with Crippen molar-refractivity contribution in [1.82, 2.24) is 9.80 Å². The van der Waals surface area contributed by atoms with Crippen molar-refractivity contribution in [3.63, 3.8) is 0 Å². The summed E-state index contributed by atoms with van der Waals surface area (Å²) >= 11 is 0. The molecule has 5 heteroatoms. The lowest BCUT2D eigenvalue weighted by molar-refractivity contribution is -0.132. The molecule has 1 saturated heterocycles. The molecule has 5 nitrogen and oxygen atoms in total. The zero-order chi connectivity index (χ0) is 20.8. The summed E-state index contributed by atoms with van der Waals surface area (Å²) in [6, 6.07) is 16.0. The van der Waals surface area contributed by atoms with Gasteiger partial charge in [0.1, 0.15) is 0 Å². The second-order valence-corrected chi connectivity index (χ2v) is 7.68. The maximum Gasteiger partial charge on any atom is 0.241 e.